The van der Waals surface area contributed by atoms with Gasteiger partial charge >= 0.3 is 0 Å². The van der Waals surface area contributed by atoms with Crippen LogP contribution in [-0.4, -0.2) is 26.3 Å². The molecule has 0 unspecified atom stereocenters. The molecule has 0 spiro atoms. The number of hydrogen-bond donors (Lipinski definition) is 0. The van der Waals surface area contributed by atoms with Gasteiger partial charge in [0.2, 0.25) is 0 Å². The van der Waals surface area contributed by atoms with Crippen LogP contribution in [0.1, 0.15) is 31.8 Å². The molecule has 1 aliphatic rings. The maximum Gasteiger partial charge on any atom is 0.268 e. The lowest BCUT2D eigenvalue weighted by Gasteiger charge is -2.22. The highest BCUT2D eigenvalue weighted by Gasteiger charge is 2.41. The third-order valence-electron chi connectivity index (χ3n) is 11.0. The van der Waals surface area contributed by atoms with Crippen LogP contribution in [0.25, 0.3) is 72.0 Å². The number of aryl methyl sites for hydroxylation is 2. The Morgan fingerprint density at radius 2 is 0.964 bits per heavy atom. The summed E-state index contributed by atoms with van der Waals surface area (Å²) in [6, 6.07) is 48.6. The minimum Gasteiger partial charge on any atom is -0.308 e. The molecule has 0 saturated carbocycles. The average molecular weight is 723 g/mol. The van der Waals surface area contributed by atoms with E-state index in [0.717, 1.165) is 77.4 Å². The Bertz CT molecular complexity index is 2940. The molecule has 6 nitrogen and oxygen atoms in total. The van der Waals surface area contributed by atoms with Gasteiger partial charge < -0.3 is 4.57 Å². The summed E-state index contributed by atoms with van der Waals surface area (Å²) in [6.07, 6.45) is 7.37. The number of pyridine rings is 2. The van der Waals surface area contributed by atoms with Crippen molar-refractivity contribution in [1.29, 1.82) is 0 Å². The molecule has 4 heterocycles. The molecule has 9 aromatic rings. The number of fused-ring (bicyclic) bond motifs is 4. The Balaban J connectivity index is 1.22. The zero-order chi connectivity index (χ0) is 37.9. The SMILES string of the molecule is Cc1cnccc1-c1ccc2c3ccc(-c4ccncc4C)cc3n(-c3cccc4c3C(=O)N(c3cccc(-c5ccccc5)c3-c3ccccc3)C4=O)c2c1. The number of anilines is 1. The van der Waals surface area contributed by atoms with E-state index in [1.165, 1.54) is 4.90 Å². The number of hydrogen-bond acceptors (Lipinski definition) is 4. The molecule has 1 aliphatic heterocycles. The Labute approximate surface area is 324 Å². The largest absolute Gasteiger partial charge is 0.308 e. The van der Waals surface area contributed by atoms with Crippen LogP contribution in [0.4, 0.5) is 5.69 Å². The smallest absolute Gasteiger partial charge is 0.268 e. The van der Waals surface area contributed by atoms with Gasteiger partial charge in [0.1, 0.15) is 0 Å². The van der Waals surface area contributed by atoms with Crippen LogP contribution in [0.15, 0.2) is 170 Å². The molecular formula is C50H34N4O2. The average Bonchev–Trinajstić information content (AvgIpc) is 3.70. The van der Waals surface area contributed by atoms with Gasteiger partial charge in [0.15, 0.2) is 0 Å². The quantitative estimate of drug-likeness (QED) is 0.160. The zero-order valence-electron chi connectivity index (χ0n) is 30.8. The highest BCUT2D eigenvalue weighted by molar-refractivity contribution is 6.37. The lowest BCUT2D eigenvalue weighted by molar-refractivity contribution is 0.0926. The predicted octanol–water partition coefficient (Wildman–Crippen LogP) is 11.7. The highest BCUT2D eigenvalue weighted by atomic mass is 16.2. The van der Waals surface area contributed by atoms with Crippen LogP contribution in [0.5, 0.6) is 0 Å². The molecule has 0 atom stereocenters. The monoisotopic (exact) mass is 722 g/mol. The van der Waals surface area contributed by atoms with E-state index in [0.29, 0.717) is 22.5 Å². The van der Waals surface area contributed by atoms with E-state index in [1.54, 1.807) is 6.07 Å². The van der Waals surface area contributed by atoms with Crippen LogP contribution in [-0.2, 0) is 0 Å². The molecule has 266 valence electrons. The summed E-state index contributed by atoms with van der Waals surface area (Å²) in [5, 5.41) is 2.09. The Hall–Kier alpha value is -7.44. The topological polar surface area (TPSA) is 68.1 Å². The summed E-state index contributed by atoms with van der Waals surface area (Å²) in [7, 11) is 0. The minimum atomic E-state index is -0.361. The molecule has 56 heavy (non-hydrogen) atoms. The predicted molar refractivity (Wildman–Crippen MR) is 225 cm³/mol. The number of carbonyl (C=O) groups is 2. The minimum absolute atomic E-state index is 0.351. The molecule has 0 saturated heterocycles. The fourth-order valence-corrected chi connectivity index (χ4v) is 8.37. The van der Waals surface area contributed by atoms with E-state index in [2.05, 4.69) is 76.9 Å². The molecule has 2 amide bonds. The maximum atomic E-state index is 15.2. The van der Waals surface area contributed by atoms with Gasteiger partial charge in [0.25, 0.3) is 11.8 Å². The van der Waals surface area contributed by atoms with Gasteiger partial charge in [-0.2, -0.15) is 0 Å². The molecule has 0 N–H and O–H groups in total. The highest BCUT2D eigenvalue weighted by Crippen LogP contribution is 2.45. The fourth-order valence-electron chi connectivity index (χ4n) is 8.37. The van der Waals surface area contributed by atoms with E-state index >= 15 is 4.79 Å². The molecule has 3 aromatic heterocycles. The third kappa shape index (κ3) is 5.18. The fraction of sp³-hybridized carbons (Fsp3) is 0.0400. The number of rotatable bonds is 6. The molecule has 6 aromatic carbocycles. The van der Waals surface area contributed by atoms with Gasteiger partial charge in [0.05, 0.1) is 33.5 Å². The van der Waals surface area contributed by atoms with Crippen LogP contribution in [0.2, 0.25) is 0 Å². The van der Waals surface area contributed by atoms with Gasteiger partial charge in [-0.1, -0.05) is 103 Å². The van der Waals surface area contributed by atoms with Crippen LogP contribution >= 0.6 is 0 Å². The molecule has 0 radical (unpaired) electrons. The number of amides is 2. The van der Waals surface area contributed by atoms with Crippen molar-refractivity contribution in [2.75, 3.05) is 4.90 Å². The zero-order valence-corrected chi connectivity index (χ0v) is 30.8. The van der Waals surface area contributed by atoms with E-state index in [4.69, 9.17) is 0 Å². The Morgan fingerprint density at radius 3 is 1.54 bits per heavy atom. The van der Waals surface area contributed by atoms with E-state index < -0.39 is 0 Å². The van der Waals surface area contributed by atoms with E-state index in [-0.39, 0.29) is 11.8 Å². The summed E-state index contributed by atoms with van der Waals surface area (Å²) >= 11 is 0. The second kappa shape index (κ2) is 13.1. The van der Waals surface area contributed by atoms with Gasteiger partial charge in [-0.05, 0) is 106 Å². The molecule has 10 rings (SSSR count). The molecule has 6 heteroatoms. The van der Waals surface area contributed by atoms with Crippen molar-refractivity contribution in [1.82, 2.24) is 14.5 Å². The van der Waals surface area contributed by atoms with Gasteiger partial charge in [-0.15, -0.1) is 0 Å². The standard InChI is InChI=1S/C50H34N4O2/c1-31-29-51-25-23-37(31)35-19-21-40-41-22-20-36(38-24-26-52-30-32(38)2)28-46(41)53(45(40)27-35)44-18-10-16-42-48(44)50(56)54(49(42)55)43-17-9-15-39(33-11-5-3-6-12-33)47(43)34-13-7-4-8-14-34/h3-30H,1-2H3. The van der Waals surface area contributed by atoms with Crippen molar-refractivity contribution >= 4 is 39.3 Å². The van der Waals surface area contributed by atoms with Gasteiger partial charge in [0, 0.05) is 41.1 Å². The van der Waals surface area contributed by atoms with Crippen LogP contribution in [0.3, 0.4) is 0 Å². The number of carbonyl (C=O) groups excluding carboxylic acids is 2. The lowest BCUT2D eigenvalue weighted by Crippen LogP contribution is -2.30. The first-order chi connectivity index (χ1) is 27.5. The summed E-state index contributed by atoms with van der Waals surface area (Å²) in [6.45, 7) is 4.12. The number of aromatic nitrogens is 3. The maximum absolute atomic E-state index is 15.2. The molecule has 0 aliphatic carbocycles. The Morgan fingerprint density at radius 1 is 0.429 bits per heavy atom. The lowest BCUT2D eigenvalue weighted by atomic mass is 9.92. The van der Waals surface area contributed by atoms with Crippen molar-refractivity contribution in [3.8, 4) is 50.2 Å². The first-order valence-corrected chi connectivity index (χ1v) is 18.6. The summed E-state index contributed by atoms with van der Waals surface area (Å²) < 4.78 is 2.16. The second-order valence-corrected chi connectivity index (χ2v) is 14.3. The van der Waals surface area contributed by atoms with Crippen molar-refractivity contribution in [2.24, 2.45) is 0 Å². The number of nitrogens with zero attached hydrogens (tertiary/aromatic N) is 4. The summed E-state index contributed by atoms with van der Waals surface area (Å²) in [4.78, 5) is 39.9. The Kier molecular flexibility index (Phi) is 7.78. The summed E-state index contributed by atoms with van der Waals surface area (Å²) in [5.41, 5.74) is 13.8. The van der Waals surface area contributed by atoms with Crippen molar-refractivity contribution in [3.05, 3.63) is 193 Å². The first-order valence-electron chi connectivity index (χ1n) is 18.6. The molecule has 0 bridgehead atoms. The van der Waals surface area contributed by atoms with Crippen molar-refractivity contribution in [3.63, 3.8) is 0 Å². The first kappa shape index (κ1) is 33.2. The number of benzene rings is 6. The van der Waals surface area contributed by atoms with Crippen LogP contribution < -0.4 is 4.90 Å². The molecule has 0 fully saturated rings. The normalized spacial score (nSPS) is 12.5. The van der Waals surface area contributed by atoms with Gasteiger partial charge in [-0.25, -0.2) is 4.90 Å². The summed E-state index contributed by atoms with van der Waals surface area (Å²) in [5.74, 6) is -0.712. The number of imide groups is 1. The van der Waals surface area contributed by atoms with Crippen LogP contribution in [0, 0.1) is 13.8 Å². The van der Waals surface area contributed by atoms with Gasteiger partial charge in [-0.3, -0.25) is 19.6 Å². The third-order valence-corrected chi connectivity index (χ3v) is 11.0. The van der Waals surface area contributed by atoms with E-state index in [1.807, 2.05) is 116 Å². The van der Waals surface area contributed by atoms with Crippen molar-refractivity contribution in [2.45, 2.75) is 13.8 Å². The van der Waals surface area contributed by atoms with Crippen molar-refractivity contribution < 1.29 is 9.59 Å². The molecular weight excluding hydrogens is 689 g/mol. The van der Waals surface area contributed by atoms with E-state index in [9.17, 15) is 4.79 Å². The second-order valence-electron chi connectivity index (χ2n) is 14.3.